The summed E-state index contributed by atoms with van der Waals surface area (Å²) in [5, 5.41) is 19.1. The number of pyridine rings is 2. The summed E-state index contributed by atoms with van der Waals surface area (Å²) >= 11 is 6.56. The highest BCUT2D eigenvalue weighted by atomic mass is 35.5. The maximum absolute atomic E-state index is 13.7. The van der Waals surface area contributed by atoms with Gasteiger partial charge in [0, 0.05) is 67.7 Å². The van der Waals surface area contributed by atoms with Gasteiger partial charge in [-0.05, 0) is 153 Å². The third kappa shape index (κ3) is 11.7. The number of alkyl halides is 2. The Labute approximate surface area is 404 Å². The number of rotatable bonds is 13. The number of carboxylic acids is 1. The molecule has 5 aromatic carbocycles. The SMILES string of the molecule is C=Cc1cc(F)ccc1NC(C)c1cc(Cl)cc2nc(C3CC3)c(CC3CCCCC3)cc12.CC.Cc1cc(C(C)Nc2ccccc2C(=O)O)c2cc(-c3cccc(C(F)F)c3)c(C)nc2c1. The number of nitrogens with one attached hydrogen (secondary N) is 2. The Morgan fingerprint density at radius 1 is 0.794 bits per heavy atom. The minimum atomic E-state index is -2.55. The number of anilines is 2. The number of carbonyl (C=O) groups is 1. The van der Waals surface area contributed by atoms with Gasteiger partial charge in [-0.2, -0.15) is 0 Å². The molecule has 10 heteroatoms. The average Bonchev–Trinajstić information content (AvgIpc) is 4.18. The molecule has 68 heavy (non-hydrogen) atoms. The largest absolute Gasteiger partial charge is 0.478 e. The number of aromatic nitrogens is 2. The smallest absolute Gasteiger partial charge is 0.337 e. The lowest BCUT2D eigenvalue weighted by atomic mass is 9.83. The van der Waals surface area contributed by atoms with Crippen molar-refractivity contribution >= 4 is 56.8 Å². The van der Waals surface area contributed by atoms with Crippen LogP contribution in [0.1, 0.15) is 152 Å². The molecule has 0 bridgehead atoms. The Morgan fingerprint density at radius 3 is 2.16 bits per heavy atom. The van der Waals surface area contributed by atoms with Crippen molar-refractivity contribution in [1.82, 2.24) is 9.97 Å². The first-order valence-electron chi connectivity index (χ1n) is 24.0. The Bertz CT molecular complexity index is 2930. The normalized spacial score (nSPS) is 14.6. The van der Waals surface area contributed by atoms with E-state index in [0.29, 0.717) is 22.2 Å². The minimum Gasteiger partial charge on any atom is -0.478 e. The monoisotopic (exact) mass is 938 g/mol. The topological polar surface area (TPSA) is 87.1 Å². The quantitative estimate of drug-likeness (QED) is 0.107. The van der Waals surface area contributed by atoms with Crippen molar-refractivity contribution < 1.29 is 23.1 Å². The summed E-state index contributed by atoms with van der Waals surface area (Å²) in [6, 6.07) is 30.1. The lowest BCUT2D eigenvalue weighted by Gasteiger charge is -2.24. The maximum Gasteiger partial charge on any atom is 0.337 e. The second kappa shape index (κ2) is 22.3. The predicted molar refractivity (Wildman–Crippen MR) is 276 cm³/mol. The molecule has 6 nitrogen and oxygen atoms in total. The van der Waals surface area contributed by atoms with Gasteiger partial charge in [0.1, 0.15) is 5.82 Å². The van der Waals surface area contributed by atoms with Crippen LogP contribution in [-0.2, 0) is 6.42 Å². The molecule has 2 atom stereocenters. The van der Waals surface area contributed by atoms with E-state index in [-0.39, 0.29) is 29.0 Å². The summed E-state index contributed by atoms with van der Waals surface area (Å²) in [6.45, 7) is 15.8. The van der Waals surface area contributed by atoms with Crippen molar-refractivity contribution in [2.45, 2.75) is 117 Å². The number of halogens is 4. The number of carboxylic acid groups (broad SMARTS) is 1. The first-order chi connectivity index (χ1) is 32.8. The highest BCUT2D eigenvalue weighted by Crippen LogP contribution is 2.44. The van der Waals surface area contributed by atoms with Gasteiger partial charge in [-0.25, -0.2) is 18.0 Å². The zero-order chi connectivity index (χ0) is 48.6. The number of fused-ring (bicyclic) bond motifs is 2. The molecule has 2 heterocycles. The average molecular weight is 940 g/mol. The first-order valence-corrected chi connectivity index (χ1v) is 24.3. The number of aromatic carboxylic acids is 1. The van der Waals surface area contributed by atoms with Crippen molar-refractivity contribution in [2.75, 3.05) is 10.6 Å². The van der Waals surface area contributed by atoms with Crippen LogP contribution in [0.3, 0.4) is 0 Å². The predicted octanol–water partition coefficient (Wildman–Crippen LogP) is 17.2. The van der Waals surface area contributed by atoms with Gasteiger partial charge in [0.25, 0.3) is 6.43 Å². The van der Waals surface area contributed by atoms with Gasteiger partial charge < -0.3 is 15.7 Å². The van der Waals surface area contributed by atoms with E-state index in [2.05, 4.69) is 30.2 Å². The Hall–Kier alpha value is -6.19. The number of para-hydroxylation sites is 1. The molecule has 2 aliphatic rings. The van der Waals surface area contributed by atoms with Crippen molar-refractivity contribution in [2.24, 2.45) is 5.92 Å². The Morgan fingerprint density at radius 2 is 1.47 bits per heavy atom. The summed E-state index contributed by atoms with van der Waals surface area (Å²) in [4.78, 5) is 21.6. The van der Waals surface area contributed by atoms with Crippen molar-refractivity contribution in [3.05, 3.63) is 171 Å². The third-order valence-electron chi connectivity index (χ3n) is 13.1. The van der Waals surface area contributed by atoms with Crippen LogP contribution in [0.2, 0.25) is 5.02 Å². The van der Waals surface area contributed by atoms with Gasteiger partial charge in [-0.15, -0.1) is 0 Å². The molecular weight excluding hydrogens is 877 g/mol. The highest BCUT2D eigenvalue weighted by molar-refractivity contribution is 6.31. The second-order valence-electron chi connectivity index (χ2n) is 18.1. The van der Waals surface area contributed by atoms with E-state index in [9.17, 15) is 23.1 Å². The number of nitrogens with zero attached hydrogens (tertiary/aromatic N) is 2. The summed E-state index contributed by atoms with van der Waals surface area (Å²) in [5.74, 6) is 0.120. The van der Waals surface area contributed by atoms with Crippen molar-refractivity contribution in [1.29, 1.82) is 0 Å². The second-order valence-corrected chi connectivity index (χ2v) is 18.5. The molecule has 0 radical (unpaired) electrons. The van der Waals surface area contributed by atoms with Gasteiger partial charge in [0.05, 0.1) is 16.6 Å². The van der Waals surface area contributed by atoms with E-state index in [0.717, 1.165) is 73.3 Å². The molecule has 0 spiro atoms. The van der Waals surface area contributed by atoms with E-state index >= 15 is 0 Å². The fraction of sp³-hybridized carbons (Fsp3) is 0.328. The van der Waals surface area contributed by atoms with E-state index in [1.54, 1.807) is 48.5 Å². The number of benzene rings is 5. The van der Waals surface area contributed by atoms with Gasteiger partial charge in [0.2, 0.25) is 0 Å². The fourth-order valence-electron chi connectivity index (χ4n) is 9.55. The summed E-state index contributed by atoms with van der Waals surface area (Å²) < 4.78 is 40.2. The molecule has 0 saturated heterocycles. The lowest BCUT2D eigenvalue weighted by Crippen LogP contribution is -2.12. The number of aryl methyl sites for hydroxylation is 2. The van der Waals surface area contributed by atoms with Crippen LogP contribution in [0.25, 0.3) is 39.0 Å². The molecule has 2 aliphatic carbocycles. The van der Waals surface area contributed by atoms with E-state index < -0.39 is 12.4 Å². The molecular formula is C58H62ClF3N4O2. The molecule has 9 rings (SSSR count). The molecule has 0 aliphatic heterocycles. The minimum absolute atomic E-state index is 0.0218. The van der Waals surface area contributed by atoms with E-state index in [1.807, 2.05) is 65.0 Å². The zero-order valence-electron chi connectivity index (χ0n) is 39.9. The molecule has 2 fully saturated rings. The first kappa shape index (κ1) is 49.7. The van der Waals surface area contributed by atoms with Crippen LogP contribution >= 0.6 is 11.6 Å². The van der Waals surface area contributed by atoms with Crippen LogP contribution in [0, 0.1) is 25.6 Å². The molecule has 0 amide bonds. The van der Waals surface area contributed by atoms with E-state index in [4.69, 9.17) is 21.6 Å². The van der Waals surface area contributed by atoms with Gasteiger partial charge in [-0.1, -0.05) is 107 Å². The van der Waals surface area contributed by atoms with Crippen LogP contribution in [0.15, 0.2) is 110 Å². The van der Waals surface area contributed by atoms with E-state index in [1.165, 1.54) is 80.5 Å². The molecule has 3 N–H and O–H groups in total. The molecule has 7 aromatic rings. The lowest BCUT2D eigenvalue weighted by molar-refractivity contribution is 0.0697. The van der Waals surface area contributed by atoms with Gasteiger partial charge in [0.15, 0.2) is 0 Å². The zero-order valence-corrected chi connectivity index (χ0v) is 40.7. The molecule has 2 unspecified atom stereocenters. The van der Waals surface area contributed by atoms with Crippen LogP contribution in [-0.4, -0.2) is 21.0 Å². The summed E-state index contributed by atoms with van der Waals surface area (Å²) in [7, 11) is 0. The number of hydrogen-bond donors (Lipinski definition) is 3. The number of hydrogen-bond acceptors (Lipinski definition) is 5. The fourth-order valence-corrected chi connectivity index (χ4v) is 9.77. The standard InChI is InChI=1S/C29H32ClFN2.C27H24F2N2O2.C2H6/c1-3-20-14-24(31)11-12-27(20)32-18(2)25-16-23(30)17-28-26(25)15-22(29(33-28)21-9-10-21)13-19-7-5-4-6-8-19;1-15-11-22(17(3)30-24-10-5-4-9-20(24)27(32)33)23-14-21(16(2)31-25(23)12-15)18-7-6-8-19(13-18)26(28)29;1-2/h3,11-12,14-19,21,32H,1,4-10,13H2,2H3;4-14,17,26,30H,1-3H3,(H,32,33);1-2H3. The van der Waals surface area contributed by atoms with Crippen LogP contribution in [0.4, 0.5) is 24.5 Å². The van der Waals surface area contributed by atoms with Crippen LogP contribution in [0.5, 0.6) is 0 Å². The molecule has 2 aromatic heterocycles. The van der Waals surface area contributed by atoms with Gasteiger partial charge >= 0.3 is 5.97 Å². The van der Waals surface area contributed by atoms with Gasteiger partial charge in [-0.3, -0.25) is 9.97 Å². The molecule has 2 saturated carbocycles. The summed E-state index contributed by atoms with van der Waals surface area (Å²) in [6.07, 6.45) is 9.53. The Balaban J connectivity index is 0.000000194. The highest BCUT2D eigenvalue weighted by Gasteiger charge is 2.30. The summed E-state index contributed by atoms with van der Waals surface area (Å²) in [5.41, 5.74) is 12.1. The third-order valence-corrected chi connectivity index (χ3v) is 13.3. The van der Waals surface area contributed by atoms with Crippen molar-refractivity contribution in [3.63, 3.8) is 0 Å². The molecule has 354 valence electrons. The van der Waals surface area contributed by atoms with Crippen LogP contribution < -0.4 is 10.6 Å². The Kier molecular flexibility index (Phi) is 16.3. The van der Waals surface area contributed by atoms with Crippen molar-refractivity contribution in [3.8, 4) is 11.1 Å². The maximum atomic E-state index is 13.7.